The summed E-state index contributed by atoms with van der Waals surface area (Å²) in [6.07, 6.45) is 1.74. The van der Waals surface area contributed by atoms with Crippen LogP contribution in [0.3, 0.4) is 0 Å². The molecule has 1 aromatic rings. The lowest BCUT2D eigenvalue weighted by Crippen LogP contribution is -2.15. The maximum Gasteiger partial charge on any atom is 0.178 e. The zero-order chi connectivity index (χ0) is 10.6. The second-order valence-corrected chi connectivity index (χ2v) is 3.21. The third-order valence-corrected chi connectivity index (χ3v) is 2.19. The predicted octanol–water partition coefficient (Wildman–Crippen LogP) is 2.98. The standard InChI is InChI=1S/C11H16FNO/c1-3-8(4-2)14-11-9(12)6-5-7-10(11)13/h5-8H,3-4,13H2,1-2H3. The van der Waals surface area contributed by atoms with Gasteiger partial charge in [0.2, 0.25) is 0 Å². The van der Waals surface area contributed by atoms with Gasteiger partial charge >= 0.3 is 0 Å². The van der Waals surface area contributed by atoms with Crippen molar-refractivity contribution >= 4 is 5.69 Å². The van der Waals surface area contributed by atoms with Crippen LogP contribution in [0.1, 0.15) is 26.7 Å². The second kappa shape index (κ2) is 4.84. The number of halogens is 1. The van der Waals surface area contributed by atoms with Crippen LogP contribution in [0.15, 0.2) is 18.2 Å². The number of benzene rings is 1. The lowest BCUT2D eigenvalue weighted by molar-refractivity contribution is 0.186. The Morgan fingerprint density at radius 1 is 1.36 bits per heavy atom. The highest BCUT2D eigenvalue weighted by Crippen LogP contribution is 2.26. The normalized spacial score (nSPS) is 10.6. The summed E-state index contributed by atoms with van der Waals surface area (Å²) < 4.78 is 18.8. The second-order valence-electron chi connectivity index (χ2n) is 3.21. The zero-order valence-electron chi connectivity index (χ0n) is 8.59. The zero-order valence-corrected chi connectivity index (χ0v) is 8.59. The van der Waals surface area contributed by atoms with E-state index in [4.69, 9.17) is 10.5 Å². The minimum Gasteiger partial charge on any atom is -0.485 e. The van der Waals surface area contributed by atoms with Crippen LogP contribution in [0, 0.1) is 5.82 Å². The van der Waals surface area contributed by atoms with E-state index in [1.165, 1.54) is 6.07 Å². The van der Waals surface area contributed by atoms with E-state index >= 15 is 0 Å². The van der Waals surface area contributed by atoms with Crippen LogP contribution in [-0.2, 0) is 0 Å². The van der Waals surface area contributed by atoms with Gasteiger partial charge in [-0.25, -0.2) is 4.39 Å². The number of nitrogens with two attached hydrogens (primary N) is 1. The van der Waals surface area contributed by atoms with Crippen molar-refractivity contribution < 1.29 is 9.13 Å². The molecule has 0 amide bonds. The van der Waals surface area contributed by atoms with Gasteiger partial charge in [-0.3, -0.25) is 0 Å². The van der Waals surface area contributed by atoms with Gasteiger partial charge in [-0.1, -0.05) is 19.9 Å². The fourth-order valence-corrected chi connectivity index (χ4v) is 1.27. The van der Waals surface area contributed by atoms with Gasteiger partial charge in [0.15, 0.2) is 11.6 Å². The number of para-hydroxylation sites is 1. The number of rotatable bonds is 4. The van der Waals surface area contributed by atoms with Gasteiger partial charge in [-0.15, -0.1) is 0 Å². The third kappa shape index (κ3) is 2.37. The number of hydrogen-bond donors (Lipinski definition) is 1. The first-order valence-corrected chi connectivity index (χ1v) is 4.89. The van der Waals surface area contributed by atoms with Crippen molar-refractivity contribution in [1.29, 1.82) is 0 Å². The van der Waals surface area contributed by atoms with Crippen LogP contribution in [0.5, 0.6) is 5.75 Å². The molecule has 0 aliphatic carbocycles. The quantitative estimate of drug-likeness (QED) is 0.753. The Bertz CT molecular complexity index is 277. The van der Waals surface area contributed by atoms with E-state index in [2.05, 4.69) is 0 Å². The van der Waals surface area contributed by atoms with Gasteiger partial charge in [0, 0.05) is 0 Å². The Balaban J connectivity index is 2.84. The minimum absolute atomic E-state index is 0.0363. The Hall–Kier alpha value is -1.25. The molecule has 2 N–H and O–H groups in total. The fourth-order valence-electron chi connectivity index (χ4n) is 1.27. The van der Waals surface area contributed by atoms with Gasteiger partial charge < -0.3 is 10.5 Å². The summed E-state index contributed by atoms with van der Waals surface area (Å²) in [6, 6.07) is 4.57. The molecule has 0 unspecified atom stereocenters. The lowest BCUT2D eigenvalue weighted by Gasteiger charge is -2.17. The van der Waals surface area contributed by atoms with E-state index in [-0.39, 0.29) is 11.9 Å². The molecule has 0 radical (unpaired) electrons. The number of ether oxygens (including phenoxy) is 1. The van der Waals surface area contributed by atoms with Gasteiger partial charge in [0.1, 0.15) is 0 Å². The van der Waals surface area contributed by atoms with Crippen molar-refractivity contribution in [2.24, 2.45) is 0 Å². The maximum absolute atomic E-state index is 13.3. The molecule has 1 rings (SSSR count). The van der Waals surface area contributed by atoms with Crippen LogP contribution in [0.25, 0.3) is 0 Å². The molecule has 0 aliphatic rings. The molecule has 0 aliphatic heterocycles. The summed E-state index contributed by atoms with van der Waals surface area (Å²) in [5, 5.41) is 0. The molecule has 0 atom stereocenters. The Kier molecular flexibility index (Phi) is 3.74. The van der Waals surface area contributed by atoms with E-state index in [0.29, 0.717) is 5.69 Å². The number of hydrogen-bond acceptors (Lipinski definition) is 2. The summed E-state index contributed by atoms with van der Waals surface area (Å²) in [5.41, 5.74) is 5.97. The van der Waals surface area contributed by atoms with Crippen molar-refractivity contribution in [3.05, 3.63) is 24.0 Å². The maximum atomic E-state index is 13.3. The van der Waals surface area contributed by atoms with Crippen LogP contribution in [0.4, 0.5) is 10.1 Å². The van der Waals surface area contributed by atoms with Crippen molar-refractivity contribution in [1.82, 2.24) is 0 Å². The largest absolute Gasteiger partial charge is 0.485 e. The Morgan fingerprint density at radius 2 is 2.00 bits per heavy atom. The number of anilines is 1. The molecular formula is C11H16FNO. The number of nitrogen functional groups attached to an aromatic ring is 1. The highest BCUT2D eigenvalue weighted by atomic mass is 19.1. The van der Waals surface area contributed by atoms with Gasteiger partial charge in [-0.2, -0.15) is 0 Å². The van der Waals surface area contributed by atoms with E-state index in [1.54, 1.807) is 12.1 Å². The smallest absolute Gasteiger partial charge is 0.178 e. The van der Waals surface area contributed by atoms with E-state index < -0.39 is 5.82 Å². The molecule has 0 saturated heterocycles. The van der Waals surface area contributed by atoms with Gasteiger partial charge in [-0.05, 0) is 25.0 Å². The fraction of sp³-hybridized carbons (Fsp3) is 0.455. The van der Waals surface area contributed by atoms with Crippen LogP contribution in [0.2, 0.25) is 0 Å². The highest BCUT2D eigenvalue weighted by Gasteiger charge is 2.11. The summed E-state index contributed by atoms with van der Waals surface area (Å²) in [5.74, 6) is -0.210. The van der Waals surface area contributed by atoms with Crippen molar-refractivity contribution in [2.45, 2.75) is 32.8 Å². The monoisotopic (exact) mass is 197 g/mol. The first-order valence-electron chi connectivity index (χ1n) is 4.89. The SMILES string of the molecule is CCC(CC)Oc1c(N)cccc1F. The first kappa shape index (κ1) is 10.8. The lowest BCUT2D eigenvalue weighted by atomic mass is 10.2. The molecule has 0 saturated carbocycles. The van der Waals surface area contributed by atoms with E-state index in [1.807, 2.05) is 13.8 Å². The molecule has 0 aromatic heterocycles. The average Bonchev–Trinajstić information content (AvgIpc) is 2.18. The molecule has 1 aromatic carbocycles. The highest BCUT2D eigenvalue weighted by molar-refractivity contribution is 5.52. The summed E-state index contributed by atoms with van der Waals surface area (Å²) >= 11 is 0. The van der Waals surface area contributed by atoms with Gasteiger partial charge in [0.25, 0.3) is 0 Å². The molecular weight excluding hydrogens is 181 g/mol. The van der Waals surface area contributed by atoms with Crippen LogP contribution < -0.4 is 10.5 Å². The molecule has 78 valence electrons. The molecule has 14 heavy (non-hydrogen) atoms. The van der Waals surface area contributed by atoms with Crippen molar-refractivity contribution in [3.63, 3.8) is 0 Å². The predicted molar refractivity (Wildman–Crippen MR) is 55.8 cm³/mol. The van der Waals surface area contributed by atoms with Gasteiger partial charge in [0.05, 0.1) is 11.8 Å². The van der Waals surface area contributed by atoms with Crippen molar-refractivity contribution in [3.8, 4) is 5.75 Å². The molecule has 0 heterocycles. The Morgan fingerprint density at radius 3 is 2.50 bits per heavy atom. The van der Waals surface area contributed by atoms with Crippen LogP contribution in [-0.4, -0.2) is 6.10 Å². The summed E-state index contributed by atoms with van der Waals surface area (Å²) in [4.78, 5) is 0. The average molecular weight is 197 g/mol. The molecule has 3 heteroatoms. The minimum atomic E-state index is -0.392. The topological polar surface area (TPSA) is 35.2 Å². The Labute approximate surface area is 83.9 Å². The van der Waals surface area contributed by atoms with Crippen LogP contribution >= 0.6 is 0 Å². The molecule has 0 fully saturated rings. The molecule has 2 nitrogen and oxygen atoms in total. The summed E-state index contributed by atoms with van der Waals surface area (Å²) in [6.45, 7) is 4.01. The first-order chi connectivity index (χ1) is 6.69. The third-order valence-electron chi connectivity index (χ3n) is 2.19. The summed E-state index contributed by atoms with van der Waals surface area (Å²) in [7, 11) is 0. The molecule has 0 bridgehead atoms. The van der Waals surface area contributed by atoms with E-state index in [9.17, 15) is 4.39 Å². The van der Waals surface area contributed by atoms with Crippen molar-refractivity contribution in [2.75, 3.05) is 5.73 Å². The molecule has 0 spiro atoms. The van der Waals surface area contributed by atoms with E-state index in [0.717, 1.165) is 12.8 Å².